The predicted octanol–water partition coefficient (Wildman–Crippen LogP) is 7.98. The molecule has 0 N–H and O–H groups in total. The molecule has 1 nitrogen and oxygen atoms in total. The summed E-state index contributed by atoms with van der Waals surface area (Å²) in [7, 11) is 1.95. The summed E-state index contributed by atoms with van der Waals surface area (Å²) in [6, 6.07) is 7.12. The third-order valence-corrected chi connectivity index (χ3v) is 5.90. The smallest absolute Gasteiger partial charge is 0.264 e. The van der Waals surface area contributed by atoms with E-state index in [9.17, 15) is 8.78 Å². The van der Waals surface area contributed by atoms with Gasteiger partial charge in [0.15, 0.2) is 0 Å². The lowest BCUT2D eigenvalue weighted by atomic mass is 9.95. The van der Waals surface area contributed by atoms with Crippen LogP contribution in [0.4, 0.5) is 14.5 Å². The number of anilines is 1. The fraction of sp³-hybridized carbons (Fsp3) is 0.524. The standard InChI is InChI=1S/C15H14ClF2NS.C6H14/c1-19-6-2-3-9-7-10(13-4-5-14(16)20-13)11(15(17)18)8-12(9)19;1-3-5-6-4-2/h4-5,7-8,15H,2-3,6H2,1H3;3-6H2,1-2H3. The van der Waals surface area contributed by atoms with Gasteiger partial charge in [-0.2, -0.15) is 0 Å². The summed E-state index contributed by atoms with van der Waals surface area (Å²) in [6.45, 7) is 5.38. The van der Waals surface area contributed by atoms with E-state index in [0.29, 0.717) is 9.90 Å². The SMILES string of the molecule is CCCCCC.CN1CCCc2cc(-c3ccc(Cl)s3)c(C(F)F)cc21. The topological polar surface area (TPSA) is 3.24 Å². The van der Waals surface area contributed by atoms with Crippen LogP contribution < -0.4 is 4.90 Å². The van der Waals surface area contributed by atoms with Gasteiger partial charge in [0.2, 0.25) is 0 Å². The molecule has 2 heterocycles. The number of rotatable bonds is 5. The number of alkyl halides is 2. The van der Waals surface area contributed by atoms with Crippen molar-refractivity contribution in [3.05, 3.63) is 39.7 Å². The Morgan fingerprint density at radius 2 is 1.85 bits per heavy atom. The number of aryl methyl sites for hydroxylation is 1. The lowest BCUT2D eigenvalue weighted by Crippen LogP contribution is -2.24. The Morgan fingerprint density at radius 1 is 1.15 bits per heavy atom. The first-order valence-corrected chi connectivity index (χ1v) is 10.6. The van der Waals surface area contributed by atoms with Gasteiger partial charge in [0.25, 0.3) is 6.43 Å². The van der Waals surface area contributed by atoms with Crippen LogP contribution in [0, 0.1) is 0 Å². The number of unbranched alkanes of at least 4 members (excludes halogenated alkanes) is 3. The molecular weight excluding hydrogens is 372 g/mol. The molecule has 5 heteroatoms. The molecule has 1 aliphatic rings. The Hall–Kier alpha value is -1.13. The summed E-state index contributed by atoms with van der Waals surface area (Å²) in [5.41, 5.74) is 2.78. The van der Waals surface area contributed by atoms with Crippen molar-refractivity contribution in [2.75, 3.05) is 18.5 Å². The van der Waals surface area contributed by atoms with E-state index in [4.69, 9.17) is 11.6 Å². The minimum atomic E-state index is -2.48. The van der Waals surface area contributed by atoms with Crippen LogP contribution in [-0.2, 0) is 6.42 Å². The van der Waals surface area contributed by atoms with Gasteiger partial charge in [-0.25, -0.2) is 8.78 Å². The van der Waals surface area contributed by atoms with Gasteiger partial charge in [0.05, 0.1) is 4.34 Å². The summed E-state index contributed by atoms with van der Waals surface area (Å²) < 4.78 is 27.4. The molecule has 0 bridgehead atoms. The molecule has 0 atom stereocenters. The Morgan fingerprint density at radius 3 is 2.38 bits per heavy atom. The average molecular weight is 400 g/mol. The minimum absolute atomic E-state index is 0.0935. The first-order valence-electron chi connectivity index (χ1n) is 9.39. The zero-order valence-corrected chi connectivity index (χ0v) is 17.4. The molecule has 0 radical (unpaired) electrons. The second-order valence-corrected chi connectivity index (χ2v) is 8.42. The summed E-state index contributed by atoms with van der Waals surface area (Å²) in [5.74, 6) is 0. The van der Waals surface area contributed by atoms with Crippen LogP contribution in [0.1, 0.15) is 63.5 Å². The first-order chi connectivity index (χ1) is 12.5. The van der Waals surface area contributed by atoms with Crippen molar-refractivity contribution in [1.82, 2.24) is 0 Å². The van der Waals surface area contributed by atoms with Crippen LogP contribution in [0.25, 0.3) is 10.4 Å². The first kappa shape index (κ1) is 21.2. The number of hydrogen-bond acceptors (Lipinski definition) is 2. The third-order valence-electron chi connectivity index (χ3n) is 4.63. The van der Waals surface area contributed by atoms with E-state index in [1.54, 1.807) is 12.1 Å². The second kappa shape index (κ2) is 10.3. The predicted molar refractivity (Wildman–Crippen MR) is 111 cm³/mol. The molecule has 144 valence electrons. The molecule has 1 aliphatic heterocycles. The van der Waals surface area contributed by atoms with Gasteiger partial charge >= 0.3 is 0 Å². The Labute approximate surface area is 165 Å². The summed E-state index contributed by atoms with van der Waals surface area (Å²) in [5, 5.41) is 0. The number of halogens is 3. The van der Waals surface area contributed by atoms with Gasteiger partial charge in [0.1, 0.15) is 0 Å². The number of benzene rings is 1. The van der Waals surface area contributed by atoms with Gasteiger partial charge in [-0.1, -0.05) is 51.1 Å². The summed E-state index contributed by atoms with van der Waals surface area (Å²) in [4.78, 5) is 2.86. The Bertz CT molecular complexity index is 695. The van der Waals surface area contributed by atoms with E-state index in [-0.39, 0.29) is 5.56 Å². The molecule has 2 aromatic rings. The van der Waals surface area contributed by atoms with Crippen LogP contribution in [-0.4, -0.2) is 13.6 Å². The largest absolute Gasteiger partial charge is 0.374 e. The fourth-order valence-corrected chi connectivity index (χ4v) is 4.27. The second-order valence-electron chi connectivity index (χ2n) is 6.70. The van der Waals surface area contributed by atoms with Gasteiger partial charge in [-0.3, -0.25) is 0 Å². The van der Waals surface area contributed by atoms with Crippen molar-refractivity contribution in [3.63, 3.8) is 0 Å². The number of hydrogen-bond donors (Lipinski definition) is 0. The van der Waals surface area contributed by atoms with Crippen molar-refractivity contribution >= 4 is 28.6 Å². The van der Waals surface area contributed by atoms with Crippen molar-refractivity contribution in [3.8, 4) is 10.4 Å². The van der Waals surface area contributed by atoms with Crippen molar-refractivity contribution in [2.24, 2.45) is 0 Å². The van der Waals surface area contributed by atoms with Crippen LogP contribution >= 0.6 is 22.9 Å². The van der Waals surface area contributed by atoms with Crippen LogP contribution in [0.2, 0.25) is 4.34 Å². The quantitative estimate of drug-likeness (QED) is 0.460. The number of fused-ring (bicyclic) bond motifs is 1. The molecule has 0 saturated heterocycles. The molecule has 0 unspecified atom stereocenters. The Balaban J connectivity index is 0.000000352. The molecular formula is C21H28ClF2NS. The van der Waals surface area contributed by atoms with E-state index < -0.39 is 6.43 Å². The van der Waals surface area contributed by atoms with E-state index in [1.807, 2.05) is 19.2 Å². The van der Waals surface area contributed by atoms with Gasteiger partial charge in [-0.15, -0.1) is 11.3 Å². The highest BCUT2D eigenvalue weighted by Crippen LogP contribution is 2.41. The molecule has 26 heavy (non-hydrogen) atoms. The van der Waals surface area contributed by atoms with Crippen LogP contribution in [0.3, 0.4) is 0 Å². The number of nitrogens with zero attached hydrogens (tertiary/aromatic N) is 1. The average Bonchev–Trinajstić information content (AvgIpc) is 3.06. The van der Waals surface area contributed by atoms with Crippen molar-refractivity contribution in [1.29, 1.82) is 0 Å². The van der Waals surface area contributed by atoms with Gasteiger partial charge in [0, 0.05) is 35.3 Å². The highest BCUT2D eigenvalue weighted by molar-refractivity contribution is 7.19. The van der Waals surface area contributed by atoms with Crippen molar-refractivity contribution < 1.29 is 8.78 Å². The maximum Gasteiger partial charge on any atom is 0.264 e. The van der Waals surface area contributed by atoms with E-state index >= 15 is 0 Å². The molecule has 0 saturated carbocycles. The maximum absolute atomic E-state index is 13.4. The highest BCUT2D eigenvalue weighted by atomic mass is 35.5. The van der Waals surface area contributed by atoms with Crippen LogP contribution in [0.15, 0.2) is 24.3 Å². The molecule has 1 aromatic carbocycles. The van der Waals surface area contributed by atoms with Crippen molar-refractivity contribution in [2.45, 2.75) is 58.8 Å². The molecule has 0 fully saturated rings. The molecule has 0 aliphatic carbocycles. The van der Waals surface area contributed by atoms with E-state index in [0.717, 1.165) is 35.5 Å². The lowest BCUT2D eigenvalue weighted by molar-refractivity contribution is 0.152. The summed E-state index contributed by atoms with van der Waals surface area (Å²) >= 11 is 7.27. The van der Waals surface area contributed by atoms with Gasteiger partial charge < -0.3 is 4.90 Å². The highest BCUT2D eigenvalue weighted by Gasteiger charge is 2.22. The fourth-order valence-electron chi connectivity index (χ4n) is 3.18. The molecule has 1 aromatic heterocycles. The van der Waals surface area contributed by atoms with E-state index in [2.05, 4.69) is 18.7 Å². The summed E-state index contributed by atoms with van der Waals surface area (Å²) in [6.07, 6.45) is 5.05. The molecule has 0 spiro atoms. The third kappa shape index (κ3) is 5.43. The zero-order chi connectivity index (χ0) is 19.1. The number of thiophene rings is 1. The monoisotopic (exact) mass is 399 g/mol. The van der Waals surface area contributed by atoms with Crippen LogP contribution in [0.5, 0.6) is 0 Å². The van der Waals surface area contributed by atoms with Gasteiger partial charge in [-0.05, 0) is 42.7 Å². The molecule has 0 amide bonds. The normalized spacial score (nSPS) is 13.4. The molecule has 3 rings (SSSR count). The zero-order valence-electron chi connectivity index (χ0n) is 15.8. The Kier molecular flexibility index (Phi) is 8.36. The minimum Gasteiger partial charge on any atom is -0.374 e. The lowest BCUT2D eigenvalue weighted by Gasteiger charge is -2.29. The maximum atomic E-state index is 13.4. The van der Waals surface area contributed by atoms with E-state index in [1.165, 1.54) is 37.0 Å².